The van der Waals surface area contributed by atoms with Gasteiger partial charge < -0.3 is 20.6 Å². The molecule has 0 spiro atoms. The van der Waals surface area contributed by atoms with Crippen molar-refractivity contribution in [1.29, 1.82) is 0 Å². The van der Waals surface area contributed by atoms with Crippen molar-refractivity contribution >= 4 is 35.6 Å². The second-order valence-corrected chi connectivity index (χ2v) is 8.13. The SMILES string of the molecule is CCOC(=O)[C@@](C(=C=O)c1ccccc1)(c1cccc(NC=NN)c1)N(N)C(=O)OC(C)(C)C. The number of carbonyl (C=O) groups excluding carboxylic acids is 3. The first-order valence-electron chi connectivity index (χ1n) is 10.5. The zero-order valence-corrected chi connectivity index (χ0v) is 19.6. The zero-order valence-electron chi connectivity index (χ0n) is 19.6. The number of hydrazone groups is 1. The number of hydrazine groups is 1. The monoisotopic (exact) mass is 467 g/mol. The van der Waals surface area contributed by atoms with Gasteiger partial charge in [-0.1, -0.05) is 42.5 Å². The van der Waals surface area contributed by atoms with Crippen molar-refractivity contribution in [2.75, 3.05) is 11.9 Å². The van der Waals surface area contributed by atoms with Crippen molar-refractivity contribution in [3.8, 4) is 0 Å². The number of amides is 1. The van der Waals surface area contributed by atoms with Gasteiger partial charge in [0.15, 0.2) is 0 Å². The molecule has 2 rings (SSSR count). The van der Waals surface area contributed by atoms with Crippen LogP contribution in [0.3, 0.4) is 0 Å². The second-order valence-electron chi connectivity index (χ2n) is 8.13. The molecule has 2 aromatic carbocycles. The lowest BCUT2D eigenvalue weighted by Crippen LogP contribution is -2.60. The maximum atomic E-state index is 13.7. The van der Waals surface area contributed by atoms with E-state index in [4.69, 9.17) is 21.2 Å². The molecule has 0 unspecified atom stereocenters. The van der Waals surface area contributed by atoms with Crippen molar-refractivity contribution in [1.82, 2.24) is 5.01 Å². The van der Waals surface area contributed by atoms with E-state index in [0.29, 0.717) is 16.3 Å². The Bertz CT molecular complexity index is 1090. The van der Waals surface area contributed by atoms with Crippen LogP contribution in [0.15, 0.2) is 59.7 Å². The first kappa shape index (κ1) is 26.1. The highest BCUT2D eigenvalue weighted by atomic mass is 16.6. The van der Waals surface area contributed by atoms with Gasteiger partial charge in [0.05, 0.1) is 12.2 Å². The summed E-state index contributed by atoms with van der Waals surface area (Å²) >= 11 is 0. The quantitative estimate of drug-likeness (QED) is 0.102. The molecule has 0 radical (unpaired) electrons. The number of ether oxygens (including phenoxy) is 2. The molecule has 0 heterocycles. The Hall–Kier alpha value is -4.14. The maximum absolute atomic E-state index is 13.7. The summed E-state index contributed by atoms with van der Waals surface area (Å²) in [6, 6.07) is 14.6. The number of carbonyl (C=O) groups is 2. The third-order valence-electron chi connectivity index (χ3n) is 4.63. The minimum atomic E-state index is -2.24. The molecule has 0 aliphatic heterocycles. The number of nitrogens with zero attached hydrogens (tertiary/aromatic N) is 2. The lowest BCUT2D eigenvalue weighted by molar-refractivity contribution is -0.154. The van der Waals surface area contributed by atoms with Crippen LogP contribution < -0.4 is 17.0 Å². The zero-order chi connectivity index (χ0) is 25.4. The number of hydrogen-bond acceptors (Lipinski definition) is 8. The van der Waals surface area contributed by atoms with Crippen molar-refractivity contribution in [2.45, 2.75) is 38.8 Å². The first-order chi connectivity index (χ1) is 16.1. The Morgan fingerprint density at radius 1 is 1.15 bits per heavy atom. The first-order valence-corrected chi connectivity index (χ1v) is 10.5. The molecule has 0 aromatic heterocycles. The highest BCUT2D eigenvalue weighted by Crippen LogP contribution is 2.41. The molecule has 1 amide bonds. The number of benzene rings is 2. The van der Waals surface area contributed by atoms with E-state index in [2.05, 4.69) is 10.4 Å². The predicted octanol–water partition coefficient (Wildman–Crippen LogP) is 2.78. The summed E-state index contributed by atoms with van der Waals surface area (Å²) in [5.74, 6) is 12.4. The van der Waals surface area contributed by atoms with Crippen molar-refractivity contribution in [2.24, 2.45) is 16.8 Å². The fourth-order valence-corrected chi connectivity index (χ4v) is 3.30. The molecule has 0 saturated carbocycles. The Balaban J connectivity index is 2.91. The summed E-state index contributed by atoms with van der Waals surface area (Å²) in [5, 5.41) is 6.78. The highest BCUT2D eigenvalue weighted by molar-refractivity contribution is 6.08. The lowest BCUT2D eigenvalue weighted by Gasteiger charge is -2.40. The summed E-state index contributed by atoms with van der Waals surface area (Å²) in [5.41, 5.74) is -2.49. The van der Waals surface area contributed by atoms with Crippen LogP contribution in [0.5, 0.6) is 0 Å². The molecule has 10 heteroatoms. The van der Waals surface area contributed by atoms with Gasteiger partial charge in [0.2, 0.25) is 5.54 Å². The number of anilines is 1. The van der Waals surface area contributed by atoms with E-state index in [1.165, 1.54) is 18.5 Å². The number of esters is 1. The van der Waals surface area contributed by atoms with E-state index in [9.17, 15) is 14.4 Å². The Kier molecular flexibility index (Phi) is 8.55. The Morgan fingerprint density at radius 2 is 1.82 bits per heavy atom. The highest BCUT2D eigenvalue weighted by Gasteiger charge is 2.54. The summed E-state index contributed by atoms with van der Waals surface area (Å²) in [4.78, 5) is 39.3. The van der Waals surface area contributed by atoms with Gasteiger partial charge in [0, 0.05) is 5.69 Å². The molecule has 5 N–H and O–H groups in total. The molecular weight excluding hydrogens is 438 g/mol. The fourth-order valence-electron chi connectivity index (χ4n) is 3.30. The third kappa shape index (κ3) is 5.61. The molecule has 180 valence electrons. The van der Waals surface area contributed by atoms with Gasteiger partial charge in [-0.05, 0) is 51.0 Å². The molecule has 1 atom stereocenters. The minimum Gasteiger partial charge on any atom is -0.464 e. The summed E-state index contributed by atoms with van der Waals surface area (Å²) in [7, 11) is 0. The molecule has 34 heavy (non-hydrogen) atoms. The molecule has 10 nitrogen and oxygen atoms in total. The van der Waals surface area contributed by atoms with Gasteiger partial charge in [0.1, 0.15) is 17.9 Å². The molecule has 0 aliphatic carbocycles. The Labute approximate surface area is 198 Å². The van der Waals surface area contributed by atoms with E-state index >= 15 is 0 Å². The van der Waals surface area contributed by atoms with Crippen LogP contribution in [0, 0.1) is 0 Å². The summed E-state index contributed by atoms with van der Waals surface area (Å²) < 4.78 is 10.8. The van der Waals surface area contributed by atoms with E-state index < -0.39 is 23.2 Å². The molecule has 0 bridgehead atoms. The van der Waals surface area contributed by atoms with E-state index in [0.717, 1.165) is 0 Å². The van der Waals surface area contributed by atoms with Crippen LogP contribution in [0.2, 0.25) is 0 Å². The van der Waals surface area contributed by atoms with Gasteiger partial charge >= 0.3 is 12.1 Å². The fraction of sp³-hybridized carbons (Fsp3) is 0.292. The minimum absolute atomic E-state index is 0.0402. The second kappa shape index (κ2) is 11.1. The van der Waals surface area contributed by atoms with Gasteiger partial charge in [-0.25, -0.2) is 25.2 Å². The van der Waals surface area contributed by atoms with Crippen LogP contribution in [0.1, 0.15) is 38.8 Å². The van der Waals surface area contributed by atoms with Crippen LogP contribution in [0.25, 0.3) is 5.57 Å². The molecule has 0 aliphatic rings. The molecule has 2 aromatic rings. The van der Waals surface area contributed by atoms with Crippen molar-refractivity contribution in [3.05, 3.63) is 65.7 Å². The van der Waals surface area contributed by atoms with E-state index in [1.807, 2.05) is 5.94 Å². The average Bonchev–Trinajstić information content (AvgIpc) is 2.80. The maximum Gasteiger partial charge on any atom is 0.426 e. The Morgan fingerprint density at radius 3 is 2.38 bits per heavy atom. The average molecular weight is 468 g/mol. The van der Waals surface area contributed by atoms with Crippen LogP contribution in [-0.2, 0) is 24.6 Å². The van der Waals surface area contributed by atoms with Gasteiger partial charge in [-0.3, -0.25) is 0 Å². The molecule has 0 saturated heterocycles. The third-order valence-corrected chi connectivity index (χ3v) is 4.63. The van der Waals surface area contributed by atoms with E-state index in [1.54, 1.807) is 70.2 Å². The normalized spacial score (nSPS) is 12.9. The molecule has 0 fully saturated rings. The summed E-state index contributed by atoms with van der Waals surface area (Å²) in [6.45, 7) is 6.50. The van der Waals surface area contributed by atoms with Gasteiger partial charge in [0.25, 0.3) is 0 Å². The number of nitrogens with two attached hydrogens (primary N) is 2. The van der Waals surface area contributed by atoms with Gasteiger partial charge in [-0.15, -0.1) is 0 Å². The largest absolute Gasteiger partial charge is 0.464 e. The van der Waals surface area contributed by atoms with Crippen molar-refractivity contribution in [3.63, 3.8) is 0 Å². The topological polar surface area (TPSA) is 149 Å². The van der Waals surface area contributed by atoms with Gasteiger partial charge in [-0.2, -0.15) is 5.10 Å². The van der Waals surface area contributed by atoms with E-state index in [-0.39, 0.29) is 17.7 Å². The number of nitrogens with one attached hydrogen (secondary N) is 1. The summed E-state index contributed by atoms with van der Waals surface area (Å²) in [6.07, 6.45) is 0.179. The van der Waals surface area contributed by atoms with Crippen molar-refractivity contribution < 1.29 is 23.9 Å². The smallest absolute Gasteiger partial charge is 0.426 e. The lowest BCUT2D eigenvalue weighted by atomic mass is 9.79. The van der Waals surface area contributed by atoms with Crippen LogP contribution in [-0.4, -0.2) is 41.6 Å². The van der Waals surface area contributed by atoms with Crippen LogP contribution in [0.4, 0.5) is 10.5 Å². The number of hydrogen-bond donors (Lipinski definition) is 3. The number of rotatable bonds is 8. The van der Waals surface area contributed by atoms with Crippen LogP contribution >= 0.6 is 0 Å². The molecular formula is C24H29N5O5. The standard InChI is InChI=1S/C24H29N5O5/c1-5-33-21(31)24(29(26)22(32)34-23(2,3)4,20(15-30)17-10-7-6-8-11-17)18-12-9-13-19(14-18)27-16-28-25/h6-14,16H,5,25-26H2,1-4H3,(H,27,28)/t24-/m0/s1. The predicted molar refractivity (Wildman–Crippen MR) is 129 cm³/mol.